The minimum absolute atomic E-state index is 0.419. The van der Waals surface area contributed by atoms with Crippen molar-refractivity contribution in [3.05, 3.63) is 54.8 Å². The fourth-order valence-electron chi connectivity index (χ4n) is 1.97. The Bertz CT molecular complexity index is 496. The summed E-state index contributed by atoms with van der Waals surface area (Å²) in [6, 6.07) is 11.5. The van der Waals surface area contributed by atoms with Gasteiger partial charge in [0.1, 0.15) is 0 Å². The third-order valence-corrected chi connectivity index (χ3v) is 5.22. The molecule has 2 rings (SSSR count). The predicted molar refractivity (Wildman–Crippen MR) is 88.5 cm³/mol. The van der Waals surface area contributed by atoms with E-state index in [-0.39, 0.29) is 0 Å². The van der Waals surface area contributed by atoms with Crippen LogP contribution in [0.15, 0.2) is 30.3 Å². The standard InChI is InChI=1S/C15H18INS/c1-10-8-15(18-11(10)2)14(17-3)9-12-4-6-13(16)7-5-12/h4-8,14,17H,9H2,1-3H3. The molecule has 0 saturated carbocycles. The highest BCUT2D eigenvalue weighted by Crippen LogP contribution is 2.28. The van der Waals surface area contributed by atoms with E-state index >= 15 is 0 Å². The smallest absolute Gasteiger partial charge is 0.0453 e. The highest BCUT2D eigenvalue weighted by atomic mass is 127. The molecule has 0 bridgehead atoms. The van der Waals surface area contributed by atoms with Crippen molar-refractivity contribution in [3.63, 3.8) is 0 Å². The summed E-state index contributed by atoms with van der Waals surface area (Å²) in [7, 11) is 2.04. The van der Waals surface area contributed by atoms with Crippen LogP contribution in [0.3, 0.4) is 0 Å². The molecule has 0 amide bonds. The number of halogens is 1. The number of hydrogen-bond acceptors (Lipinski definition) is 2. The summed E-state index contributed by atoms with van der Waals surface area (Å²) in [5.41, 5.74) is 2.79. The fraction of sp³-hybridized carbons (Fsp3) is 0.333. The van der Waals surface area contributed by atoms with E-state index in [9.17, 15) is 0 Å². The van der Waals surface area contributed by atoms with Gasteiger partial charge in [-0.1, -0.05) is 12.1 Å². The van der Waals surface area contributed by atoms with Crippen molar-refractivity contribution < 1.29 is 0 Å². The van der Waals surface area contributed by atoms with Crippen LogP contribution in [0.4, 0.5) is 0 Å². The second kappa shape index (κ2) is 6.17. The predicted octanol–water partition coefficient (Wildman–Crippen LogP) is 4.47. The molecule has 0 spiro atoms. The van der Waals surface area contributed by atoms with Gasteiger partial charge in [0.05, 0.1) is 0 Å². The van der Waals surface area contributed by atoms with Crippen LogP contribution in [0.2, 0.25) is 0 Å². The first-order valence-electron chi connectivity index (χ1n) is 6.09. The Balaban J connectivity index is 2.16. The van der Waals surface area contributed by atoms with Crippen LogP contribution in [0.5, 0.6) is 0 Å². The molecule has 1 heterocycles. The molecule has 1 aromatic heterocycles. The van der Waals surface area contributed by atoms with Gasteiger partial charge in [-0.15, -0.1) is 11.3 Å². The largest absolute Gasteiger partial charge is 0.312 e. The molecule has 0 fully saturated rings. The Morgan fingerprint density at radius 2 is 1.89 bits per heavy atom. The van der Waals surface area contributed by atoms with Crippen molar-refractivity contribution in [2.45, 2.75) is 26.3 Å². The number of benzene rings is 1. The van der Waals surface area contributed by atoms with E-state index < -0.39 is 0 Å². The van der Waals surface area contributed by atoms with Gasteiger partial charge in [0.2, 0.25) is 0 Å². The van der Waals surface area contributed by atoms with E-state index in [1.807, 2.05) is 18.4 Å². The number of nitrogens with one attached hydrogen (secondary N) is 1. The average molecular weight is 371 g/mol. The van der Waals surface area contributed by atoms with Gasteiger partial charge in [0.25, 0.3) is 0 Å². The van der Waals surface area contributed by atoms with Crippen molar-refractivity contribution in [1.82, 2.24) is 5.32 Å². The molecule has 3 heteroatoms. The van der Waals surface area contributed by atoms with Crippen molar-refractivity contribution in [2.75, 3.05) is 7.05 Å². The molecule has 1 aromatic carbocycles. The van der Waals surface area contributed by atoms with Crippen LogP contribution in [0.1, 0.15) is 26.9 Å². The number of aryl methyl sites for hydroxylation is 2. The van der Waals surface area contributed by atoms with Crippen molar-refractivity contribution in [2.24, 2.45) is 0 Å². The molecule has 18 heavy (non-hydrogen) atoms. The maximum Gasteiger partial charge on any atom is 0.0453 e. The Morgan fingerprint density at radius 1 is 1.22 bits per heavy atom. The summed E-state index contributed by atoms with van der Waals surface area (Å²) in [5.74, 6) is 0. The zero-order valence-electron chi connectivity index (χ0n) is 11.0. The number of rotatable bonds is 4. The Hall–Kier alpha value is -0.390. The molecule has 0 radical (unpaired) electrons. The number of likely N-dealkylation sites (N-methyl/N-ethyl adjacent to an activating group) is 1. The van der Waals surface area contributed by atoms with E-state index in [1.54, 1.807) is 0 Å². The molecule has 2 aromatic rings. The molecular formula is C15H18INS. The normalized spacial score (nSPS) is 12.7. The van der Waals surface area contributed by atoms with Gasteiger partial charge in [0, 0.05) is 19.4 Å². The summed E-state index contributed by atoms with van der Waals surface area (Å²) < 4.78 is 1.29. The minimum atomic E-state index is 0.419. The molecule has 1 atom stereocenters. The first-order chi connectivity index (χ1) is 8.60. The summed E-state index contributed by atoms with van der Waals surface area (Å²) in [6.07, 6.45) is 1.05. The molecule has 0 saturated heterocycles. The lowest BCUT2D eigenvalue weighted by atomic mass is 10.0. The van der Waals surface area contributed by atoms with Crippen LogP contribution in [0.25, 0.3) is 0 Å². The zero-order chi connectivity index (χ0) is 13.1. The first kappa shape index (κ1) is 14.0. The van der Waals surface area contributed by atoms with Crippen LogP contribution < -0.4 is 5.32 Å². The second-order valence-corrected chi connectivity index (χ2v) is 7.09. The summed E-state index contributed by atoms with van der Waals surface area (Å²) in [4.78, 5) is 2.86. The summed E-state index contributed by atoms with van der Waals surface area (Å²) in [6.45, 7) is 4.38. The van der Waals surface area contributed by atoms with Crippen molar-refractivity contribution in [3.8, 4) is 0 Å². The quantitative estimate of drug-likeness (QED) is 0.782. The van der Waals surface area contributed by atoms with E-state index in [0.717, 1.165) is 6.42 Å². The maximum absolute atomic E-state index is 3.43. The average Bonchev–Trinajstić information content (AvgIpc) is 2.69. The summed E-state index contributed by atoms with van der Waals surface area (Å²) in [5, 5.41) is 3.43. The Morgan fingerprint density at radius 3 is 2.39 bits per heavy atom. The third-order valence-electron chi connectivity index (χ3n) is 3.23. The van der Waals surface area contributed by atoms with Crippen LogP contribution >= 0.6 is 33.9 Å². The topological polar surface area (TPSA) is 12.0 Å². The van der Waals surface area contributed by atoms with Crippen LogP contribution in [-0.4, -0.2) is 7.05 Å². The molecule has 0 aliphatic carbocycles. The lowest BCUT2D eigenvalue weighted by molar-refractivity contribution is 0.602. The maximum atomic E-state index is 3.43. The Kier molecular flexibility index (Phi) is 4.81. The van der Waals surface area contributed by atoms with Gasteiger partial charge in [-0.25, -0.2) is 0 Å². The molecule has 1 N–H and O–H groups in total. The van der Waals surface area contributed by atoms with E-state index in [2.05, 4.69) is 72.1 Å². The highest BCUT2D eigenvalue weighted by molar-refractivity contribution is 14.1. The van der Waals surface area contributed by atoms with E-state index in [0.29, 0.717) is 6.04 Å². The zero-order valence-corrected chi connectivity index (χ0v) is 13.9. The fourth-order valence-corrected chi connectivity index (χ4v) is 3.49. The molecule has 96 valence electrons. The van der Waals surface area contributed by atoms with Gasteiger partial charge in [-0.3, -0.25) is 0 Å². The molecule has 1 nitrogen and oxygen atoms in total. The van der Waals surface area contributed by atoms with Crippen LogP contribution in [-0.2, 0) is 6.42 Å². The first-order valence-corrected chi connectivity index (χ1v) is 7.98. The van der Waals surface area contributed by atoms with Gasteiger partial charge in [-0.05, 0) is 79.2 Å². The van der Waals surface area contributed by atoms with Crippen LogP contribution in [0, 0.1) is 17.4 Å². The minimum Gasteiger partial charge on any atom is -0.312 e. The number of thiophene rings is 1. The van der Waals surface area contributed by atoms with Gasteiger partial charge >= 0.3 is 0 Å². The summed E-state index contributed by atoms with van der Waals surface area (Å²) >= 11 is 4.25. The molecule has 0 aliphatic heterocycles. The van der Waals surface area contributed by atoms with Gasteiger partial charge in [-0.2, -0.15) is 0 Å². The lowest BCUT2D eigenvalue weighted by Crippen LogP contribution is -2.17. The van der Waals surface area contributed by atoms with Crippen molar-refractivity contribution >= 4 is 33.9 Å². The lowest BCUT2D eigenvalue weighted by Gasteiger charge is -2.14. The van der Waals surface area contributed by atoms with E-state index in [1.165, 1.54) is 24.5 Å². The second-order valence-electron chi connectivity index (χ2n) is 4.56. The molecule has 0 aliphatic rings. The van der Waals surface area contributed by atoms with E-state index in [4.69, 9.17) is 0 Å². The van der Waals surface area contributed by atoms with Gasteiger partial charge in [0.15, 0.2) is 0 Å². The third kappa shape index (κ3) is 3.33. The molecular weight excluding hydrogens is 353 g/mol. The molecule has 1 unspecified atom stereocenters. The highest BCUT2D eigenvalue weighted by Gasteiger charge is 2.13. The Labute approximate surface area is 127 Å². The number of hydrogen-bond donors (Lipinski definition) is 1. The van der Waals surface area contributed by atoms with Crippen molar-refractivity contribution in [1.29, 1.82) is 0 Å². The van der Waals surface area contributed by atoms with Gasteiger partial charge < -0.3 is 5.32 Å². The SMILES string of the molecule is CNC(Cc1ccc(I)cc1)c1cc(C)c(C)s1. The monoisotopic (exact) mass is 371 g/mol.